The third kappa shape index (κ3) is 2.73. The smallest absolute Gasteiger partial charge is 0.208 e. The molecular weight excluding hydrogens is 182 g/mol. The number of benzene rings is 1. The molecule has 1 aromatic carbocycles. The van der Waals surface area contributed by atoms with E-state index in [0.717, 1.165) is 16.9 Å². The van der Waals surface area contributed by atoms with E-state index in [1.54, 1.807) is 7.11 Å². The molecule has 4 heteroatoms. The van der Waals surface area contributed by atoms with Gasteiger partial charge in [0.05, 0.1) is 7.11 Å². The van der Waals surface area contributed by atoms with Gasteiger partial charge in [-0.25, -0.2) is 0 Å². The highest BCUT2D eigenvalue weighted by atomic mass is 16.6. The van der Waals surface area contributed by atoms with Gasteiger partial charge in [0.25, 0.3) is 0 Å². The molecular formula is C10H13NO3. The van der Waals surface area contributed by atoms with Gasteiger partial charge in [-0.1, -0.05) is 17.7 Å². The van der Waals surface area contributed by atoms with Crippen molar-refractivity contribution in [3.8, 4) is 5.75 Å². The Bertz CT molecular complexity index is 336. The summed E-state index contributed by atoms with van der Waals surface area (Å²) in [5.74, 6) is 0.720. The SMILES string of the molecule is COc1ccc(C)cc1CC[N+](=O)[O-]. The Morgan fingerprint density at radius 2 is 2.21 bits per heavy atom. The first-order chi connectivity index (χ1) is 6.63. The van der Waals surface area contributed by atoms with Gasteiger partial charge in [0.15, 0.2) is 0 Å². The van der Waals surface area contributed by atoms with Crippen LogP contribution < -0.4 is 4.74 Å². The van der Waals surface area contributed by atoms with Gasteiger partial charge in [-0.15, -0.1) is 0 Å². The topological polar surface area (TPSA) is 52.4 Å². The summed E-state index contributed by atoms with van der Waals surface area (Å²) in [6, 6.07) is 5.68. The Hall–Kier alpha value is -1.58. The molecule has 0 amide bonds. The number of nitro groups is 1. The molecule has 0 aliphatic rings. The van der Waals surface area contributed by atoms with Gasteiger partial charge in [0.1, 0.15) is 5.75 Å². The average molecular weight is 195 g/mol. The number of aryl methyl sites for hydroxylation is 1. The molecule has 0 radical (unpaired) electrons. The fourth-order valence-corrected chi connectivity index (χ4v) is 1.31. The zero-order valence-electron chi connectivity index (χ0n) is 8.32. The highest BCUT2D eigenvalue weighted by molar-refractivity contribution is 5.36. The minimum Gasteiger partial charge on any atom is -0.496 e. The van der Waals surface area contributed by atoms with E-state index in [0.29, 0.717) is 6.42 Å². The lowest BCUT2D eigenvalue weighted by Gasteiger charge is -2.07. The maximum absolute atomic E-state index is 10.2. The van der Waals surface area contributed by atoms with E-state index in [9.17, 15) is 10.1 Å². The fourth-order valence-electron chi connectivity index (χ4n) is 1.31. The molecule has 76 valence electrons. The molecule has 0 unspecified atom stereocenters. The summed E-state index contributed by atoms with van der Waals surface area (Å²) in [6.07, 6.45) is 0.415. The Kier molecular flexibility index (Phi) is 3.45. The van der Waals surface area contributed by atoms with Gasteiger partial charge in [-0.2, -0.15) is 0 Å². The third-order valence-electron chi connectivity index (χ3n) is 2.00. The van der Waals surface area contributed by atoms with Gasteiger partial charge in [0, 0.05) is 16.9 Å². The van der Waals surface area contributed by atoms with Crippen LogP contribution in [0.5, 0.6) is 5.75 Å². The second-order valence-corrected chi connectivity index (χ2v) is 3.12. The predicted molar refractivity (Wildman–Crippen MR) is 53.3 cm³/mol. The zero-order chi connectivity index (χ0) is 10.6. The van der Waals surface area contributed by atoms with E-state index in [1.165, 1.54) is 0 Å². The maximum Gasteiger partial charge on any atom is 0.208 e. The minimum atomic E-state index is -0.318. The monoisotopic (exact) mass is 195 g/mol. The first-order valence-electron chi connectivity index (χ1n) is 4.39. The van der Waals surface area contributed by atoms with E-state index >= 15 is 0 Å². The molecule has 0 saturated heterocycles. The normalized spacial score (nSPS) is 9.86. The van der Waals surface area contributed by atoms with Gasteiger partial charge in [-0.05, 0) is 13.0 Å². The highest BCUT2D eigenvalue weighted by Gasteiger charge is 2.06. The third-order valence-corrected chi connectivity index (χ3v) is 2.00. The van der Waals surface area contributed by atoms with Crippen molar-refractivity contribution < 1.29 is 9.66 Å². The summed E-state index contributed by atoms with van der Waals surface area (Å²) in [5, 5.41) is 10.2. The van der Waals surface area contributed by atoms with Crippen molar-refractivity contribution in [1.29, 1.82) is 0 Å². The molecule has 0 aromatic heterocycles. The van der Waals surface area contributed by atoms with E-state index in [4.69, 9.17) is 4.74 Å². The lowest BCUT2D eigenvalue weighted by atomic mass is 10.1. The van der Waals surface area contributed by atoms with Crippen LogP contribution in [0.2, 0.25) is 0 Å². The molecule has 0 atom stereocenters. The Labute approximate surface area is 82.7 Å². The average Bonchev–Trinajstić information content (AvgIpc) is 2.15. The lowest BCUT2D eigenvalue weighted by Crippen LogP contribution is -2.05. The number of hydrogen-bond donors (Lipinski definition) is 0. The standard InChI is InChI=1S/C10H13NO3/c1-8-3-4-10(14-2)9(7-8)5-6-11(12)13/h3-4,7H,5-6H2,1-2H3. The minimum absolute atomic E-state index is 0.0557. The van der Waals surface area contributed by atoms with Crippen molar-refractivity contribution in [2.45, 2.75) is 13.3 Å². The first-order valence-corrected chi connectivity index (χ1v) is 4.39. The van der Waals surface area contributed by atoms with Crippen molar-refractivity contribution in [1.82, 2.24) is 0 Å². The number of rotatable bonds is 4. The van der Waals surface area contributed by atoms with E-state index in [-0.39, 0.29) is 11.5 Å². The molecule has 0 fully saturated rings. The van der Waals surface area contributed by atoms with Crippen LogP contribution in [0.1, 0.15) is 11.1 Å². The molecule has 0 aliphatic carbocycles. The van der Waals surface area contributed by atoms with Crippen molar-refractivity contribution in [2.75, 3.05) is 13.7 Å². The quantitative estimate of drug-likeness (QED) is 0.544. The number of methoxy groups -OCH3 is 1. The molecule has 14 heavy (non-hydrogen) atoms. The maximum atomic E-state index is 10.2. The molecule has 0 bridgehead atoms. The number of hydrogen-bond acceptors (Lipinski definition) is 3. The van der Waals surface area contributed by atoms with E-state index in [1.807, 2.05) is 25.1 Å². The van der Waals surface area contributed by atoms with Crippen molar-refractivity contribution >= 4 is 0 Å². The molecule has 0 aliphatic heterocycles. The van der Waals surface area contributed by atoms with Crippen LogP contribution in [0, 0.1) is 17.0 Å². The second kappa shape index (κ2) is 4.60. The van der Waals surface area contributed by atoms with Gasteiger partial charge in [-0.3, -0.25) is 10.1 Å². The van der Waals surface area contributed by atoms with Gasteiger partial charge < -0.3 is 4.74 Å². The summed E-state index contributed by atoms with van der Waals surface area (Å²) >= 11 is 0. The Morgan fingerprint density at radius 3 is 2.79 bits per heavy atom. The molecule has 1 rings (SSSR count). The molecule has 4 nitrogen and oxygen atoms in total. The first kappa shape index (κ1) is 10.5. The van der Waals surface area contributed by atoms with Gasteiger partial charge >= 0.3 is 0 Å². The molecule has 0 saturated carbocycles. The lowest BCUT2D eigenvalue weighted by molar-refractivity contribution is -0.479. The summed E-state index contributed by atoms with van der Waals surface area (Å²) in [6.45, 7) is 1.90. The van der Waals surface area contributed by atoms with Crippen LogP contribution in [-0.2, 0) is 6.42 Å². The van der Waals surface area contributed by atoms with Crippen LogP contribution in [-0.4, -0.2) is 18.6 Å². The molecule has 0 heterocycles. The van der Waals surface area contributed by atoms with Crippen LogP contribution >= 0.6 is 0 Å². The largest absolute Gasteiger partial charge is 0.496 e. The van der Waals surface area contributed by atoms with E-state index < -0.39 is 0 Å². The fraction of sp³-hybridized carbons (Fsp3) is 0.400. The van der Waals surface area contributed by atoms with Crippen LogP contribution in [0.4, 0.5) is 0 Å². The van der Waals surface area contributed by atoms with Crippen molar-refractivity contribution in [2.24, 2.45) is 0 Å². The van der Waals surface area contributed by atoms with Crippen LogP contribution in [0.3, 0.4) is 0 Å². The summed E-state index contributed by atoms with van der Waals surface area (Å²) in [7, 11) is 1.57. The van der Waals surface area contributed by atoms with Crippen molar-refractivity contribution in [3.63, 3.8) is 0 Å². The number of nitrogens with zero attached hydrogens (tertiary/aromatic N) is 1. The van der Waals surface area contributed by atoms with E-state index in [2.05, 4.69) is 0 Å². The number of ether oxygens (including phenoxy) is 1. The summed E-state index contributed by atoms with van der Waals surface area (Å²) in [4.78, 5) is 9.90. The molecule has 0 N–H and O–H groups in total. The second-order valence-electron chi connectivity index (χ2n) is 3.12. The highest BCUT2D eigenvalue weighted by Crippen LogP contribution is 2.19. The molecule has 0 spiro atoms. The van der Waals surface area contributed by atoms with Crippen molar-refractivity contribution in [3.05, 3.63) is 39.4 Å². The predicted octanol–water partition coefficient (Wildman–Crippen LogP) is 1.82. The van der Waals surface area contributed by atoms with Crippen LogP contribution in [0.25, 0.3) is 0 Å². The van der Waals surface area contributed by atoms with Gasteiger partial charge in [0.2, 0.25) is 6.54 Å². The Balaban J connectivity index is 2.82. The Morgan fingerprint density at radius 1 is 1.50 bits per heavy atom. The zero-order valence-corrected chi connectivity index (χ0v) is 8.32. The summed E-state index contributed by atoms with van der Waals surface area (Å²) < 4.78 is 5.11. The summed E-state index contributed by atoms with van der Waals surface area (Å²) in [5.41, 5.74) is 1.98. The molecule has 1 aromatic rings. The van der Waals surface area contributed by atoms with Crippen LogP contribution in [0.15, 0.2) is 18.2 Å².